The highest BCUT2D eigenvalue weighted by Crippen LogP contribution is 2.37. The highest BCUT2D eigenvalue weighted by atomic mass is 32.2. The standard InChI is InChI=1S/C20H12FN3O3S2/c21-13-7-5-12(6-8-13)19(25)22-14-9-15(24(26)27)11-16(10-14)28-20-23-17-3-1-2-4-18(17)29-20/h1-11H,(H,22,25). The van der Waals surface area contributed by atoms with Crippen LogP contribution in [0, 0.1) is 15.9 Å². The quantitative estimate of drug-likeness (QED) is 0.325. The first-order valence-electron chi connectivity index (χ1n) is 8.38. The van der Waals surface area contributed by atoms with E-state index in [1.165, 1.54) is 59.5 Å². The molecule has 0 saturated carbocycles. The van der Waals surface area contributed by atoms with Gasteiger partial charge in [0.05, 0.1) is 15.1 Å². The molecule has 9 heteroatoms. The third-order valence-electron chi connectivity index (χ3n) is 3.95. The van der Waals surface area contributed by atoms with Gasteiger partial charge in [-0.3, -0.25) is 14.9 Å². The summed E-state index contributed by atoms with van der Waals surface area (Å²) < 4.78 is 14.8. The van der Waals surface area contributed by atoms with Gasteiger partial charge in [-0.15, -0.1) is 11.3 Å². The number of hydrogen-bond acceptors (Lipinski definition) is 6. The van der Waals surface area contributed by atoms with Crippen LogP contribution in [0.1, 0.15) is 10.4 Å². The summed E-state index contributed by atoms with van der Waals surface area (Å²) in [5.41, 5.74) is 1.23. The number of anilines is 1. The molecule has 4 aromatic rings. The van der Waals surface area contributed by atoms with Gasteiger partial charge in [-0.1, -0.05) is 23.9 Å². The first-order valence-corrected chi connectivity index (χ1v) is 10.0. The average Bonchev–Trinajstić information content (AvgIpc) is 3.10. The highest BCUT2D eigenvalue weighted by molar-refractivity contribution is 8.01. The van der Waals surface area contributed by atoms with Crippen molar-refractivity contribution in [1.29, 1.82) is 0 Å². The molecule has 0 atom stereocenters. The van der Waals surface area contributed by atoms with E-state index in [-0.39, 0.29) is 16.9 Å². The molecule has 29 heavy (non-hydrogen) atoms. The van der Waals surface area contributed by atoms with Crippen LogP contribution in [0.5, 0.6) is 0 Å². The van der Waals surface area contributed by atoms with Gasteiger partial charge in [-0.05, 0) is 42.5 Å². The van der Waals surface area contributed by atoms with E-state index < -0.39 is 16.6 Å². The number of amides is 1. The van der Waals surface area contributed by atoms with Gasteiger partial charge in [-0.2, -0.15) is 0 Å². The van der Waals surface area contributed by atoms with Crippen LogP contribution in [0.3, 0.4) is 0 Å². The van der Waals surface area contributed by atoms with E-state index in [4.69, 9.17) is 0 Å². The van der Waals surface area contributed by atoms with Gasteiger partial charge >= 0.3 is 0 Å². The van der Waals surface area contributed by atoms with E-state index in [0.717, 1.165) is 14.6 Å². The van der Waals surface area contributed by atoms with E-state index >= 15 is 0 Å². The predicted octanol–water partition coefficient (Wildman–Crippen LogP) is 5.75. The Balaban J connectivity index is 1.62. The van der Waals surface area contributed by atoms with Gasteiger partial charge in [-0.25, -0.2) is 9.37 Å². The second-order valence-electron chi connectivity index (χ2n) is 5.98. The molecular formula is C20H12FN3O3S2. The molecule has 0 spiro atoms. The lowest BCUT2D eigenvalue weighted by Crippen LogP contribution is -2.12. The highest BCUT2D eigenvalue weighted by Gasteiger charge is 2.15. The summed E-state index contributed by atoms with van der Waals surface area (Å²) in [5.74, 6) is -0.937. The molecule has 144 valence electrons. The second kappa shape index (κ2) is 7.98. The molecule has 0 fully saturated rings. The van der Waals surface area contributed by atoms with E-state index in [1.807, 2.05) is 24.3 Å². The Kier molecular flexibility index (Phi) is 5.24. The van der Waals surface area contributed by atoms with Crippen molar-refractivity contribution < 1.29 is 14.1 Å². The van der Waals surface area contributed by atoms with E-state index in [1.54, 1.807) is 6.07 Å². The molecule has 0 aliphatic rings. The second-order valence-corrected chi connectivity index (χ2v) is 8.33. The molecule has 6 nitrogen and oxygen atoms in total. The molecule has 0 radical (unpaired) electrons. The van der Waals surface area contributed by atoms with Crippen LogP contribution in [0.15, 0.2) is 76.0 Å². The van der Waals surface area contributed by atoms with Gasteiger partial charge in [0.1, 0.15) is 5.82 Å². The number of hydrogen-bond donors (Lipinski definition) is 1. The maximum atomic E-state index is 13.0. The lowest BCUT2D eigenvalue weighted by molar-refractivity contribution is -0.385. The topological polar surface area (TPSA) is 85.1 Å². The largest absolute Gasteiger partial charge is 0.322 e. The van der Waals surface area contributed by atoms with Crippen molar-refractivity contribution in [1.82, 2.24) is 4.98 Å². The van der Waals surface area contributed by atoms with Crippen LogP contribution in [0.2, 0.25) is 0 Å². The summed E-state index contributed by atoms with van der Waals surface area (Å²) in [7, 11) is 0. The van der Waals surface area contributed by atoms with Crippen LogP contribution < -0.4 is 5.32 Å². The van der Waals surface area contributed by atoms with E-state index in [9.17, 15) is 19.3 Å². The maximum Gasteiger partial charge on any atom is 0.272 e. The number of carbonyl (C=O) groups is 1. The number of halogens is 1. The first kappa shape index (κ1) is 19.0. The Hall–Kier alpha value is -3.30. The van der Waals surface area contributed by atoms with E-state index in [0.29, 0.717) is 4.90 Å². The first-order chi connectivity index (χ1) is 14.0. The Morgan fingerprint density at radius 2 is 1.86 bits per heavy atom. The van der Waals surface area contributed by atoms with Crippen molar-refractivity contribution in [3.63, 3.8) is 0 Å². The molecule has 0 aliphatic heterocycles. The van der Waals surface area contributed by atoms with Crippen LogP contribution in [-0.2, 0) is 0 Å². The molecular weight excluding hydrogens is 413 g/mol. The monoisotopic (exact) mass is 425 g/mol. The number of nitrogens with zero attached hydrogens (tertiary/aromatic N) is 2. The zero-order chi connectivity index (χ0) is 20.4. The van der Waals surface area contributed by atoms with Gasteiger partial charge in [0.2, 0.25) is 0 Å². The van der Waals surface area contributed by atoms with E-state index in [2.05, 4.69) is 10.3 Å². The number of benzene rings is 3. The van der Waals surface area contributed by atoms with Crippen LogP contribution in [0.25, 0.3) is 10.2 Å². The number of nitro groups is 1. The third kappa shape index (κ3) is 4.41. The molecule has 1 amide bonds. The summed E-state index contributed by atoms with van der Waals surface area (Å²) in [6.07, 6.45) is 0. The Bertz CT molecular complexity index is 1190. The van der Waals surface area contributed by atoms with Crippen LogP contribution >= 0.6 is 23.1 Å². The van der Waals surface area contributed by atoms with Gasteiger partial charge in [0, 0.05) is 28.3 Å². The van der Waals surface area contributed by atoms with Gasteiger partial charge < -0.3 is 5.32 Å². The molecule has 0 unspecified atom stereocenters. The third-order valence-corrected chi connectivity index (χ3v) is 6.01. The summed E-state index contributed by atoms with van der Waals surface area (Å²) in [6, 6.07) is 17.1. The van der Waals surface area contributed by atoms with Crippen molar-refractivity contribution in [3.05, 3.63) is 88.2 Å². The Labute approximate surface area is 172 Å². The van der Waals surface area contributed by atoms with Gasteiger partial charge in [0.25, 0.3) is 11.6 Å². The summed E-state index contributed by atoms with van der Waals surface area (Å²) in [6.45, 7) is 0. The maximum absolute atomic E-state index is 13.0. The predicted molar refractivity (Wildman–Crippen MR) is 111 cm³/mol. The molecule has 1 N–H and O–H groups in total. The lowest BCUT2D eigenvalue weighted by atomic mass is 10.2. The Morgan fingerprint density at radius 3 is 2.59 bits per heavy atom. The molecule has 3 aromatic carbocycles. The number of thiazole rings is 1. The average molecular weight is 425 g/mol. The minimum atomic E-state index is -0.518. The van der Waals surface area contributed by atoms with Crippen molar-refractivity contribution in [2.24, 2.45) is 0 Å². The molecule has 1 heterocycles. The number of carbonyl (C=O) groups excluding carboxylic acids is 1. The summed E-state index contributed by atoms with van der Waals surface area (Å²) in [4.78, 5) is 28.3. The zero-order valence-corrected chi connectivity index (χ0v) is 16.3. The molecule has 0 aliphatic carbocycles. The lowest BCUT2D eigenvalue weighted by Gasteiger charge is -2.07. The number of nitro benzene ring substituents is 1. The minimum absolute atomic E-state index is 0.148. The van der Waals surface area contributed by atoms with Crippen molar-refractivity contribution in [3.8, 4) is 0 Å². The summed E-state index contributed by atoms with van der Waals surface area (Å²) >= 11 is 2.77. The molecule has 4 rings (SSSR count). The fourth-order valence-electron chi connectivity index (χ4n) is 2.62. The Morgan fingerprint density at radius 1 is 1.10 bits per heavy atom. The number of aromatic nitrogens is 1. The minimum Gasteiger partial charge on any atom is -0.322 e. The van der Waals surface area contributed by atoms with Crippen LogP contribution in [0.4, 0.5) is 15.8 Å². The molecule has 0 saturated heterocycles. The number of rotatable bonds is 5. The number of para-hydroxylation sites is 1. The van der Waals surface area contributed by atoms with Crippen molar-refractivity contribution in [2.75, 3.05) is 5.32 Å². The smallest absolute Gasteiger partial charge is 0.272 e. The van der Waals surface area contributed by atoms with Gasteiger partial charge in [0.15, 0.2) is 4.34 Å². The number of non-ortho nitro benzene ring substituents is 1. The van der Waals surface area contributed by atoms with Crippen molar-refractivity contribution >= 4 is 50.6 Å². The zero-order valence-electron chi connectivity index (χ0n) is 14.7. The fraction of sp³-hybridized carbons (Fsp3) is 0. The fourth-order valence-corrected chi connectivity index (χ4v) is 4.75. The van der Waals surface area contributed by atoms with Crippen LogP contribution in [-0.4, -0.2) is 15.8 Å². The molecule has 0 bridgehead atoms. The SMILES string of the molecule is O=C(Nc1cc(Sc2nc3ccccc3s2)cc([N+](=O)[O-])c1)c1ccc(F)cc1. The summed E-state index contributed by atoms with van der Waals surface area (Å²) in [5, 5.41) is 14.0. The number of nitrogens with one attached hydrogen (secondary N) is 1. The van der Waals surface area contributed by atoms with Crippen molar-refractivity contribution in [2.45, 2.75) is 9.24 Å². The number of fused-ring (bicyclic) bond motifs is 1. The normalized spacial score (nSPS) is 10.8. The molecule has 1 aromatic heterocycles.